The van der Waals surface area contributed by atoms with Crippen molar-refractivity contribution in [1.29, 1.82) is 0 Å². The minimum atomic E-state index is -4.51. The second kappa shape index (κ2) is 14.0. The molecule has 5 aromatic rings. The Morgan fingerprint density at radius 3 is 1.29 bits per heavy atom. The van der Waals surface area contributed by atoms with Crippen molar-refractivity contribution >= 4 is 45.6 Å². The monoisotopic (exact) mass is 743 g/mol. The van der Waals surface area contributed by atoms with Crippen molar-refractivity contribution in [3.63, 3.8) is 0 Å². The van der Waals surface area contributed by atoms with Crippen molar-refractivity contribution in [3.05, 3.63) is 160 Å². The van der Waals surface area contributed by atoms with Gasteiger partial charge in [-0.3, -0.25) is 4.99 Å². The summed E-state index contributed by atoms with van der Waals surface area (Å²) in [7, 11) is -3.91. The second-order valence-corrected chi connectivity index (χ2v) is 15.9. The number of aryl methyl sites for hydroxylation is 1. The SMILES string of the molecule is CCCCN=C1[B-](c2c(F)c(F)c(F)c(F)c2F)(c2c(F)c(F)c(F)c(F)c2F)C(C)=C(c2ccc(C)cc2)[P+]1(c1ccccc1)c1ccccc1. The molecule has 52 heavy (non-hydrogen) atoms. The van der Waals surface area contributed by atoms with E-state index >= 15 is 35.1 Å². The lowest BCUT2D eigenvalue weighted by Gasteiger charge is -2.41. The first-order valence-corrected chi connectivity index (χ1v) is 18.1. The van der Waals surface area contributed by atoms with Crippen LogP contribution >= 0.6 is 7.26 Å². The van der Waals surface area contributed by atoms with Gasteiger partial charge in [0.1, 0.15) is 41.1 Å². The van der Waals surface area contributed by atoms with Crippen molar-refractivity contribution in [2.45, 2.75) is 33.6 Å². The fraction of sp³-hybridized carbons (Fsp3) is 0.154. The molecule has 1 nitrogen and oxygen atoms in total. The van der Waals surface area contributed by atoms with Gasteiger partial charge in [-0.15, -0.1) is 10.9 Å². The molecule has 0 saturated heterocycles. The number of benzene rings is 5. The number of hydrogen-bond donors (Lipinski definition) is 0. The molecule has 13 heteroatoms. The zero-order valence-corrected chi connectivity index (χ0v) is 28.9. The molecule has 0 aromatic heterocycles. The molecule has 268 valence electrons. The van der Waals surface area contributed by atoms with E-state index in [0.717, 1.165) is 5.56 Å². The van der Waals surface area contributed by atoms with Gasteiger partial charge < -0.3 is 0 Å². The number of allylic oxidation sites excluding steroid dienone is 1. The van der Waals surface area contributed by atoms with Crippen molar-refractivity contribution in [3.8, 4) is 0 Å². The van der Waals surface area contributed by atoms with E-state index in [1.54, 1.807) is 98.8 Å². The highest BCUT2D eigenvalue weighted by molar-refractivity contribution is 8.16. The van der Waals surface area contributed by atoms with E-state index in [-0.39, 0.29) is 23.8 Å². The number of rotatable bonds is 8. The molecule has 0 saturated carbocycles. The molecule has 5 aromatic carbocycles. The molecule has 1 aliphatic rings. The maximum absolute atomic E-state index is 16.6. The van der Waals surface area contributed by atoms with Crippen LogP contribution in [0, 0.1) is 65.1 Å². The molecule has 0 unspecified atom stereocenters. The van der Waals surface area contributed by atoms with E-state index in [9.17, 15) is 8.78 Å². The van der Waals surface area contributed by atoms with Gasteiger partial charge in [-0.05, 0) is 37.6 Å². The van der Waals surface area contributed by atoms with Gasteiger partial charge >= 0.3 is 0 Å². The van der Waals surface area contributed by atoms with Gasteiger partial charge in [0.2, 0.25) is 0 Å². The Kier molecular flexibility index (Phi) is 10.0. The number of unbranched alkanes of at least 4 members (excludes halogenated alkanes) is 1. The molecule has 0 atom stereocenters. The van der Waals surface area contributed by atoms with Crippen molar-refractivity contribution in [2.24, 2.45) is 4.99 Å². The summed E-state index contributed by atoms with van der Waals surface area (Å²) in [6, 6.07) is 22.9. The summed E-state index contributed by atoms with van der Waals surface area (Å²) < 4.78 is 158. The van der Waals surface area contributed by atoms with Crippen LogP contribution < -0.4 is 21.5 Å². The normalized spacial score (nSPS) is 15.9. The second-order valence-electron chi connectivity index (χ2n) is 12.7. The van der Waals surface area contributed by atoms with Gasteiger partial charge in [-0.25, -0.2) is 43.9 Å². The summed E-state index contributed by atoms with van der Waals surface area (Å²) in [5.41, 5.74) is -2.83. The maximum Gasteiger partial charge on any atom is 0.200 e. The average molecular weight is 743 g/mol. The van der Waals surface area contributed by atoms with E-state index in [0.29, 0.717) is 22.6 Å². The molecular weight excluding hydrogens is 714 g/mol. The molecule has 0 fully saturated rings. The van der Waals surface area contributed by atoms with Crippen molar-refractivity contribution in [1.82, 2.24) is 0 Å². The molecule has 0 bridgehead atoms. The van der Waals surface area contributed by atoms with Crippen molar-refractivity contribution < 1.29 is 43.9 Å². The highest BCUT2D eigenvalue weighted by Gasteiger charge is 2.66. The lowest BCUT2D eigenvalue weighted by atomic mass is 9.15. The molecule has 0 radical (unpaired) electrons. The topological polar surface area (TPSA) is 12.4 Å². The van der Waals surface area contributed by atoms with Crippen LogP contribution in [0.4, 0.5) is 43.9 Å². The quantitative estimate of drug-likeness (QED) is 0.0376. The lowest BCUT2D eigenvalue weighted by molar-refractivity contribution is 0.382. The molecule has 0 spiro atoms. The summed E-state index contributed by atoms with van der Waals surface area (Å²) in [5.74, 6) is -25.0. The van der Waals surface area contributed by atoms with Gasteiger partial charge in [0, 0.05) is 17.5 Å². The van der Waals surface area contributed by atoms with Gasteiger partial charge in [-0.1, -0.05) is 86.5 Å². The molecule has 0 N–H and O–H groups in total. The van der Waals surface area contributed by atoms with Gasteiger partial charge in [-0.2, -0.15) is 5.47 Å². The number of halogens is 10. The highest BCUT2D eigenvalue weighted by atomic mass is 31.2. The zero-order chi connectivity index (χ0) is 37.7. The Labute approximate surface area is 294 Å². The summed E-state index contributed by atoms with van der Waals surface area (Å²) in [6.45, 7) is 4.52. The van der Waals surface area contributed by atoms with Crippen LogP contribution in [0.15, 0.2) is 95.4 Å². The van der Waals surface area contributed by atoms with E-state index in [1.165, 1.54) is 6.92 Å². The van der Waals surface area contributed by atoms with Crippen molar-refractivity contribution in [2.75, 3.05) is 6.54 Å². The average Bonchev–Trinajstić information content (AvgIpc) is 3.37. The van der Waals surface area contributed by atoms with Crippen LogP contribution in [-0.4, -0.2) is 18.0 Å². The van der Waals surface area contributed by atoms with Gasteiger partial charge in [0.25, 0.3) is 0 Å². The lowest BCUT2D eigenvalue weighted by Crippen LogP contribution is -2.69. The van der Waals surface area contributed by atoms with Crippen LogP contribution in [0.1, 0.15) is 37.8 Å². The minimum Gasteiger partial charge on any atom is -0.294 e. The third kappa shape index (κ3) is 5.24. The minimum absolute atomic E-state index is 0.146. The molecular formula is C39H29BF10NP. The van der Waals surface area contributed by atoms with Crippen LogP contribution in [0.2, 0.25) is 0 Å². The van der Waals surface area contributed by atoms with Crippen LogP contribution in [0.5, 0.6) is 0 Å². The predicted molar refractivity (Wildman–Crippen MR) is 188 cm³/mol. The Balaban J connectivity index is 2.04. The Morgan fingerprint density at radius 1 is 0.519 bits per heavy atom. The van der Waals surface area contributed by atoms with E-state index in [4.69, 9.17) is 4.99 Å². The predicted octanol–water partition coefficient (Wildman–Crippen LogP) is 9.34. The number of aliphatic imine (C=N–C) groups is 1. The first kappa shape index (κ1) is 37.1. The molecule has 0 amide bonds. The third-order valence-corrected chi connectivity index (χ3v) is 14.5. The molecule has 0 aliphatic carbocycles. The largest absolute Gasteiger partial charge is 0.294 e. The highest BCUT2D eigenvalue weighted by Crippen LogP contribution is 2.75. The fourth-order valence-corrected chi connectivity index (χ4v) is 13.0. The Morgan fingerprint density at radius 2 is 0.904 bits per heavy atom. The summed E-state index contributed by atoms with van der Waals surface area (Å²) in [6.07, 6.45) is -3.77. The summed E-state index contributed by atoms with van der Waals surface area (Å²) in [5, 5.41) is 0.441. The molecule has 1 aliphatic heterocycles. The standard InChI is InChI=1S/C39H29BF10NP/c1-4-5-20-51-39-40(26-28(41)32(45)36(49)33(46)29(26)42,27-30(43)34(47)37(50)35(48)31(27)44)22(3)38(23-18-16-21(2)17-19-23)52(39,24-12-8-6-9-13-24)25-14-10-7-11-15-25/h6-19H,4-5,20H2,1-3H3. The van der Waals surface area contributed by atoms with Gasteiger partial charge in [0.15, 0.2) is 41.0 Å². The van der Waals surface area contributed by atoms with E-state index < -0.39 is 87.9 Å². The summed E-state index contributed by atoms with van der Waals surface area (Å²) >= 11 is 0. The van der Waals surface area contributed by atoms with Gasteiger partial charge in [0.05, 0.1) is 5.31 Å². The first-order chi connectivity index (χ1) is 24.8. The molecule has 1 heterocycles. The Bertz CT molecular complexity index is 2090. The first-order valence-electron chi connectivity index (χ1n) is 16.3. The number of hydrogen-bond acceptors (Lipinski definition) is 1. The smallest absolute Gasteiger partial charge is 0.200 e. The third-order valence-electron chi connectivity index (χ3n) is 9.84. The van der Waals surface area contributed by atoms with Crippen LogP contribution in [0.3, 0.4) is 0 Å². The van der Waals surface area contributed by atoms with Crippen LogP contribution in [0.25, 0.3) is 5.31 Å². The number of nitrogens with zero attached hydrogens (tertiary/aromatic N) is 1. The molecule has 6 rings (SSSR count). The van der Waals surface area contributed by atoms with E-state index in [1.807, 2.05) is 0 Å². The summed E-state index contributed by atoms with van der Waals surface area (Å²) in [4.78, 5) is 4.81. The fourth-order valence-electron chi connectivity index (χ4n) is 7.61. The zero-order valence-electron chi connectivity index (χ0n) is 28.0. The maximum atomic E-state index is 16.6. The Hall–Kier alpha value is -4.70. The van der Waals surface area contributed by atoms with Crippen LogP contribution in [-0.2, 0) is 0 Å². The van der Waals surface area contributed by atoms with E-state index in [2.05, 4.69) is 0 Å².